The second-order valence-electron chi connectivity index (χ2n) is 18.6. The van der Waals surface area contributed by atoms with Gasteiger partial charge >= 0.3 is 0 Å². The maximum absolute atomic E-state index is 10.6. The number of rotatable bonds is 27. The second kappa shape index (κ2) is 30.2. The van der Waals surface area contributed by atoms with Crippen LogP contribution in [0, 0.1) is 11.8 Å². The van der Waals surface area contributed by atoms with Crippen LogP contribution in [0.25, 0.3) is 11.1 Å². The first-order valence-electron chi connectivity index (χ1n) is 25.5. The minimum Gasteiger partial charge on any atom is -0.396 e. The lowest BCUT2D eigenvalue weighted by Gasteiger charge is -2.21. The molecule has 0 aliphatic carbocycles. The molecule has 4 aromatic carbocycles. The van der Waals surface area contributed by atoms with Crippen molar-refractivity contribution in [1.82, 2.24) is 0 Å². The van der Waals surface area contributed by atoms with E-state index in [1.807, 2.05) is 95.3 Å². The van der Waals surface area contributed by atoms with Gasteiger partial charge in [0.25, 0.3) is 0 Å². The smallest absolute Gasteiger partial charge is 0.0840 e. The van der Waals surface area contributed by atoms with Gasteiger partial charge in [-0.15, -0.1) is 0 Å². The van der Waals surface area contributed by atoms with Crippen LogP contribution >= 0.6 is 0 Å². The van der Waals surface area contributed by atoms with E-state index in [1.165, 1.54) is 44.5 Å². The van der Waals surface area contributed by atoms with Crippen LogP contribution in [0.5, 0.6) is 0 Å². The molecule has 0 fully saturated rings. The molecule has 0 amide bonds. The summed E-state index contributed by atoms with van der Waals surface area (Å²) >= 11 is 0. The minimum absolute atomic E-state index is 0.0661. The van der Waals surface area contributed by atoms with E-state index < -0.39 is 29.5 Å². The van der Waals surface area contributed by atoms with Crippen LogP contribution in [0.4, 0.5) is 0 Å². The monoisotopic (exact) mass is 931 g/mol. The van der Waals surface area contributed by atoms with Gasteiger partial charge in [-0.1, -0.05) is 182 Å². The number of benzene rings is 4. The second-order valence-corrected chi connectivity index (χ2v) is 18.6. The normalized spacial score (nSPS) is 15.0. The van der Waals surface area contributed by atoms with Crippen LogP contribution in [-0.4, -0.2) is 66.3 Å². The van der Waals surface area contributed by atoms with Crippen molar-refractivity contribution in [2.24, 2.45) is 11.8 Å². The number of aliphatic hydroxyl groups is 7. The lowest BCUT2D eigenvalue weighted by atomic mass is 9.91. The average molecular weight is 931 g/mol. The quantitative estimate of drug-likeness (QED) is 0.0295. The highest BCUT2D eigenvalue weighted by atomic mass is 16.3. The Morgan fingerprint density at radius 3 is 1.28 bits per heavy atom. The van der Waals surface area contributed by atoms with Gasteiger partial charge in [0.05, 0.1) is 29.5 Å². The summed E-state index contributed by atoms with van der Waals surface area (Å²) in [6, 6.07) is 33.4. The van der Waals surface area contributed by atoms with Gasteiger partial charge in [-0.05, 0) is 140 Å². The zero-order valence-electron chi connectivity index (χ0n) is 42.6. The molecule has 7 N–H and O–H groups in total. The Bertz CT molecular complexity index is 2140. The lowest BCUT2D eigenvalue weighted by Crippen LogP contribution is -2.22. The van der Waals surface area contributed by atoms with Gasteiger partial charge < -0.3 is 35.7 Å². The Labute approximate surface area is 410 Å². The third kappa shape index (κ3) is 18.8. The summed E-state index contributed by atoms with van der Waals surface area (Å²) in [4.78, 5) is 0. The van der Waals surface area contributed by atoms with Crippen molar-refractivity contribution < 1.29 is 35.7 Å². The molecule has 0 aromatic heterocycles. The van der Waals surface area contributed by atoms with Gasteiger partial charge in [0.2, 0.25) is 0 Å². The fraction of sp³-hybridized carbons (Fsp3) is 0.475. The number of aliphatic hydroxyl groups excluding tert-OH is 5. The Morgan fingerprint density at radius 2 is 0.926 bits per heavy atom. The third-order valence-corrected chi connectivity index (χ3v) is 13.9. The Balaban J connectivity index is 0.000000361. The van der Waals surface area contributed by atoms with Crippen LogP contribution in [-0.2, 0) is 25.7 Å². The summed E-state index contributed by atoms with van der Waals surface area (Å²) < 4.78 is 0. The minimum atomic E-state index is -0.735. The highest BCUT2D eigenvalue weighted by Crippen LogP contribution is 2.28. The summed E-state index contributed by atoms with van der Waals surface area (Å²) in [5, 5.41) is 70.3. The predicted octanol–water partition coefficient (Wildman–Crippen LogP) is 12.2. The van der Waals surface area contributed by atoms with E-state index in [1.54, 1.807) is 6.92 Å². The van der Waals surface area contributed by atoms with Crippen LogP contribution in [0.15, 0.2) is 134 Å². The number of hydrogen-bond acceptors (Lipinski definition) is 7. The topological polar surface area (TPSA) is 142 Å². The predicted molar refractivity (Wildman–Crippen MR) is 284 cm³/mol. The molecule has 68 heavy (non-hydrogen) atoms. The molecule has 0 heterocycles. The molecule has 5 unspecified atom stereocenters. The van der Waals surface area contributed by atoms with Gasteiger partial charge in [0.15, 0.2) is 0 Å². The maximum atomic E-state index is 10.6. The van der Waals surface area contributed by atoms with Crippen molar-refractivity contribution in [1.29, 1.82) is 0 Å². The van der Waals surface area contributed by atoms with Crippen LogP contribution in [0.3, 0.4) is 0 Å². The van der Waals surface area contributed by atoms with Crippen LogP contribution in [0.1, 0.15) is 163 Å². The van der Waals surface area contributed by atoms with Gasteiger partial charge in [-0.2, -0.15) is 0 Å². The van der Waals surface area contributed by atoms with E-state index in [4.69, 9.17) is 5.11 Å². The highest BCUT2D eigenvalue weighted by Gasteiger charge is 2.22. The van der Waals surface area contributed by atoms with Crippen LogP contribution < -0.4 is 0 Å². The molecule has 7 nitrogen and oxygen atoms in total. The third-order valence-electron chi connectivity index (χ3n) is 13.9. The molecule has 0 saturated heterocycles. The van der Waals surface area contributed by atoms with E-state index in [0.29, 0.717) is 38.5 Å². The average Bonchev–Trinajstić information content (AvgIpc) is 3.37. The summed E-state index contributed by atoms with van der Waals surface area (Å²) in [5.41, 5.74) is 10.1. The summed E-state index contributed by atoms with van der Waals surface area (Å²) in [7, 11) is 0. The summed E-state index contributed by atoms with van der Waals surface area (Å²) in [6.45, 7) is 15.9. The van der Waals surface area contributed by atoms with Crippen molar-refractivity contribution >= 4 is 11.1 Å². The van der Waals surface area contributed by atoms with E-state index in [0.717, 1.165) is 49.7 Å². The molecule has 4 aromatic rings. The van der Waals surface area contributed by atoms with Crippen molar-refractivity contribution in [3.8, 4) is 0 Å². The standard InChI is InChI=1S/C31H44O4.C30H42O3/c1-4-26(12-8-20-31(35,5-2)6-3)28-11-7-10-25(22-28)15-14-24-16-18-27(19-17-24)30(34)29(23-33)13-9-21-32;1-6-26(13-10-20-30(33,7-2)8-3)28-12-9-11-25(21-28)15-14-24-16-18-27(19-17-24)29(32)22(4)23(5)31/h7-8,10-12,16-20,22,29-30,32-35H,4-6,9,13-15,21,23H2,1-3H3;9-13,16-23,29,31-33H,6-8,14-15H2,1-5H3/b20-8+,26-12+;20-10+,26-13+. The van der Waals surface area contributed by atoms with E-state index >= 15 is 0 Å². The largest absolute Gasteiger partial charge is 0.396 e. The van der Waals surface area contributed by atoms with Gasteiger partial charge in [0, 0.05) is 25.0 Å². The molecule has 4 rings (SSSR count). The van der Waals surface area contributed by atoms with Crippen molar-refractivity contribution in [2.75, 3.05) is 13.2 Å². The first-order valence-corrected chi connectivity index (χ1v) is 25.5. The molecule has 0 radical (unpaired) electrons. The summed E-state index contributed by atoms with van der Waals surface area (Å²) in [5.74, 6) is -0.462. The number of hydrogen-bond donors (Lipinski definition) is 7. The molecule has 0 bridgehead atoms. The van der Waals surface area contributed by atoms with E-state index in [-0.39, 0.29) is 25.0 Å². The molecular weight excluding hydrogens is 845 g/mol. The molecule has 0 spiro atoms. The Kier molecular flexibility index (Phi) is 25.7. The van der Waals surface area contributed by atoms with Crippen molar-refractivity contribution in [3.05, 3.63) is 178 Å². The first kappa shape index (κ1) is 57.9. The molecule has 0 aliphatic rings. The maximum Gasteiger partial charge on any atom is 0.0840 e. The van der Waals surface area contributed by atoms with E-state index in [9.17, 15) is 30.6 Å². The van der Waals surface area contributed by atoms with E-state index in [2.05, 4.69) is 86.7 Å². The molecule has 7 heteroatoms. The number of aryl methyl sites for hydroxylation is 4. The zero-order chi connectivity index (χ0) is 50.1. The zero-order valence-corrected chi connectivity index (χ0v) is 42.6. The van der Waals surface area contributed by atoms with Gasteiger partial charge in [-0.25, -0.2) is 0 Å². The molecule has 5 atom stereocenters. The number of allylic oxidation sites excluding steroid dienone is 6. The molecular formula is C61H86O7. The fourth-order valence-electron chi connectivity index (χ4n) is 8.23. The highest BCUT2D eigenvalue weighted by molar-refractivity contribution is 5.68. The molecule has 0 saturated carbocycles. The van der Waals surface area contributed by atoms with Crippen LogP contribution in [0.2, 0.25) is 0 Å². The lowest BCUT2D eigenvalue weighted by molar-refractivity contribution is 0.0307. The fourth-order valence-corrected chi connectivity index (χ4v) is 8.23. The molecule has 372 valence electrons. The summed E-state index contributed by atoms with van der Waals surface area (Å²) in [6.07, 6.45) is 19.6. The van der Waals surface area contributed by atoms with Crippen molar-refractivity contribution in [2.45, 2.75) is 162 Å². The van der Waals surface area contributed by atoms with Crippen molar-refractivity contribution in [3.63, 3.8) is 0 Å². The van der Waals surface area contributed by atoms with Gasteiger partial charge in [-0.3, -0.25) is 0 Å². The molecule has 0 aliphatic heterocycles. The first-order chi connectivity index (χ1) is 32.6. The SMILES string of the molecule is CC/C(=C\C=C\C(O)(CC)CC)c1cccc(CCc2ccc(C(O)C(C)C(C)O)cc2)c1.CC/C(=C\C=C\C(O)(CC)CC)c1cccc(CCc2ccc(C(O)C(CO)CCCO)cc2)c1. The Morgan fingerprint density at radius 1 is 0.529 bits per heavy atom. The van der Waals surface area contributed by atoms with Gasteiger partial charge in [0.1, 0.15) is 0 Å². The Hall–Kier alpha value is -4.44.